The fourth-order valence-electron chi connectivity index (χ4n) is 6.12. The zero-order chi connectivity index (χ0) is 29.8. The van der Waals surface area contributed by atoms with E-state index in [0.29, 0.717) is 0 Å². The van der Waals surface area contributed by atoms with Gasteiger partial charge in [0.25, 0.3) is 0 Å². The Bertz CT molecular complexity index is 1520. The Labute approximate surface area is 249 Å². The molecule has 214 valence electrons. The molecule has 0 aromatic heterocycles. The molecule has 0 spiro atoms. The van der Waals surface area contributed by atoms with Crippen LogP contribution in [-0.4, -0.2) is 0 Å². The van der Waals surface area contributed by atoms with Gasteiger partial charge in [0.15, 0.2) is 0 Å². The highest BCUT2D eigenvalue weighted by atomic mass is 14.9. The molecule has 1 N–H and O–H groups in total. The van der Waals surface area contributed by atoms with Gasteiger partial charge >= 0.3 is 0 Å². The molecule has 1 heteroatoms. The molecule has 1 aliphatic rings. The van der Waals surface area contributed by atoms with Gasteiger partial charge in [0, 0.05) is 11.4 Å². The van der Waals surface area contributed by atoms with Crippen molar-refractivity contribution in [3.8, 4) is 22.3 Å². The highest BCUT2D eigenvalue weighted by Crippen LogP contribution is 2.47. The summed E-state index contributed by atoms with van der Waals surface area (Å²) in [5, 5.41) is 3.66. The number of nitrogens with one attached hydrogen (secondary N) is 1. The molecule has 0 radical (unpaired) electrons. The van der Waals surface area contributed by atoms with E-state index < -0.39 is 0 Å². The summed E-state index contributed by atoms with van der Waals surface area (Å²) < 4.78 is 0. The molecule has 4 aromatic carbocycles. The Morgan fingerprint density at radius 2 is 1.02 bits per heavy atom. The van der Waals surface area contributed by atoms with Gasteiger partial charge in [-0.2, -0.15) is 0 Å². The van der Waals surface area contributed by atoms with Crippen LogP contribution in [0.15, 0.2) is 84.9 Å². The van der Waals surface area contributed by atoms with Crippen molar-refractivity contribution >= 4 is 11.4 Å². The predicted octanol–water partition coefficient (Wildman–Crippen LogP) is 11.7. The monoisotopic (exact) mass is 543 g/mol. The summed E-state index contributed by atoms with van der Waals surface area (Å²) in [5.74, 6) is 0. The van der Waals surface area contributed by atoms with Crippen molar-refractivity contribution in [1.82, 2.24) is 0 Å². The van der Waals surface area contributed by atoms with Crippen LogP contribution in [0.25, 0.3) is 22.3 Å². The van der Waals surface area contributed by atoms with E-state index in [1.807, 2.05) is 0 Å². The number of anilines is 2. The summed E-state index contributed by atoms with van der Waals surface area (Å²) in [4.78, 5) is 0. The van der Waals surface area contributed by atoms with Gasteiger partial charge < -0.3 is 5.32 Å². The minimum absolute atomic E-state index is 0.0949. The third-order valence-corrected chi connectivity index (χ3v) is 9.22. The topological polar surface area (TPSA) is 12.0 Å². The lowest BCUT2D eigenvalue weighted by Gasteiger charge is -2.42. The maximum absolute atomic E-state index is 3.66. The quantitative estimate of drug-likeness (QED) is 0.270. The molecule has 0 fully saturated rings. The van der Waals surface area contributed by atoms with Crippen molar-refractivity contribution in [2.45, 2.75) is 104 Å². The summed E-state index contributed by atoms with van der Waals surface area (Å²) in [6, 6.07) is 32.0. The first-order chi connectivity index (χ1) is 19.0. The largest absolute Gasteiger partial charge is 0.356 e. The number of rotatable bonds is 4. The molecule has 0 unspecified atom stereocenters. The van der Waals surface area contributed by atoms with Crippen LogP contribution in [-0.2, 0) is 21.7 Å². The van der Waals surface area contributed by atoms with Crippen LogP contribution in [0.3, 0.4) is 0 Å². The molecule has 0 saturated heterocycles. The highest BCUT2D eigenvalue weighted by Gasteiger charge is 2.37. The van der Waals surface area contributed by atoms with Crippen molar-refractivity contribution in [2.24, 2.45) is 0 Å². The van der Waals surface area contributed by atoms with Gasteiger partial charge in [0.05, 0.1) is 0 Å². The smallest absolute Gasteiger partial charge is 0.0390 e. The van der Waals surface area contributed by atoms with Crippen LogP contribution >= 0.6 is 0 Å². The van der Waals surface area contributed by atoms with Crippen LogP contribution in [0.1, 0.15) is 104 Å². The SMILES string of the molecule is CC(C)(C)c1cc(-c2cccc(Nc3ccc(-c4ccc5c(c4)C(C)(C)CCC5(C)C)cc3)c2)cc(C(C)(C)C)c1. The molecule has 0 bridgehead atoms. The Kier molecular flexibility index (Phi) is 7.26. The van der Waals surface area contributed by atoms with Gasteiger partial charge in [-0.1, -0.05) is 130 Å². The zero-order valence-electron chi connectivity index (χ0n) is 27.0. The second-order valence-electron chi connectivity index (χ2n) is 15.6. The summed E-state index contributed by atoms with van der Waals surface area (Å²) in [7, 11) is 0. The van der Waals surface area contributed by atoms with E-state index in [4.69, 9.17) is 0 Å². The normalized spacial score (nSPS) is 16.2. The molecule has 0 aliphatic heterocycles. The van der Waals surface area contributed by atoms with E-state index in [-0.39, 0.29) is 21.7 Å². The number of benzene rings is 4. The predicted molar refractivity (Wildman–Crippen MR) is 180 cm³/mol. The fraction of sp³-hybridized carbons (Fsp3) is 0.400. The van der Waals surface area contributed by atoms with Gasteiger partial charge in [-0.05, 0) is 103 Å². The Morgan fingerprint density at radius 3 is 1.61 bits per heavy atom. The van der Waals surface area contributed by atoms with Crippen LogP contribution < -0.4 is 5.32 Å². The van der Waals surface area contributed by atoms with Crippen LogP contribution in [0.2, 0.25) is 0 Å². The standard InChI is InChI=1S/C40H49N/c1-37(2,3)31-22-30(23-32(26-31)38(4,5)6)28-12-11-13-34(24-28)41-33-17-14-27(15-18-33)29-16-19-35-36(25-29)40(9,10)21-20-39(35,7)8/h11-19,22-26,41H,20-21H2,1-10H3. The molecular weight excluding hydrogens is 494 g/mol. The third kappa shape index (κ3) is 6.15. The average Bonchev–Trinajstić information content (AvgIpc) is 2.90. The zero-order valence-corrected chi connectivity index (χ0v) is 27.0. The molecule has 1 nitrogen and oxygen atoms in total. The molecular formula is C40H49N. The molecule has 0 heterocycles. The number of hydrogen-bond donors (Lipinski definition) is 1. The first kappa shape index (κ1) is 29.2. The molecule has 41 heavy (non-hydrogen) atoms. The second-order valence-corrected chi connectivity index (χ2v) is 15.6. The van der Waals surface area contributed by atoms with E-state index in [1.165, 1.54) is 57.3 Å². The molecule has 0 saturated carbocycles. The summed E-state index contributed by atoms with van der Waals surface area (Å²) in [5.41, 5.74) is 13.7. The first-order valence-corrected chi connectivity index (χ1v) is 15.3. The van der Waals surface area contributed by atoms with E-state index >= 15 is 0 Å². The van der Waals surface area contributed by atoms with Crippen molar-refractivity contribution < 1.29 is 0 Å². The Morgan fingerprint density at radius 1 is 0.488 bits per heavy atom. The van der Waals surface area contributed by atoms with E-state index in [2.05, 4.69) is 159 Å². The van der Waals surface area contributed by atoms with E-state index in [0.717, 1.165) is 11.4 Å². The second kappa shape index (κ2) is 10.2. The number of hydrogen-bond acceptors (Lipinski definition) is 1. The molecule has 5 rings (SSSR count). The maximum Gasteiger partial charge on any atom is 0.0390 e. The van der Waals surface area contributed by atoms with Crippen molar-refractivity contribution in [2.75, 3.05) is 5.32 Å². The minimum atomic E-state index is 0.0949. The van der Waals surface area contributed by atoms with Crippen molar-refractivity contribution in [3.63, 3.8) is 0 Å². The lowest BCUT2D eigenvalue weighted by atomic mass is 9.63. The number of fused-ring (bicyclic) bond motifs is 1. The summed E-state index contributed by atoms with van der Waals surface area (Å²) >= 11 is 0. The van der Waals surface area contributed by atoms with Gasteiger partial charge in [-0.25, -0.2) is 0 Å². The lowest BCUT2D eigenvalue weighted by Crippen LogP contribution is -2.33. The first-order valence-electron chi connectivity index (χ1n) is 15.3. The van der Waals surface area contributed by atoms with E-state index in [1.54, 1.807) is 0 Å². The summed E-state index contributed by atoms with van der Waals surface area (Å²) in [6.07, 6.45) is 2.48. The Hall–Kier alpha value is -3.32. The minimum Gasteiger partial charge on any atom is -0.356 e. The molecule has 1 aliphatic carbocycles. The van der Waals surface area contributed by atoms with Gasteiger partial charge in [0.2, 0.25) is 0 Å². The van der Waals surface area contributed by atoms with E-state index in [9.17, 15) is 0 Å². The molecule has 4 aromatic rings. The van der Waals surface area contributed by atoms with Crippen molar-refractivity contribution in [3.05, 3.63) is 107 Å². The lowest BCUT2D eigenvalue weighted by molar-refractivity contribution is 0.332. The van der Waals surface area contributed by atoms with Gasteiger partial charge in [-0.15, -0.1) is 0 Å². The van der Waals surface area contributed by atoms with Gasteiger partial charge in [0.1, 0.15) is 0 Å². The fourth-order valence-corrected chi connectivity index (χ4v) is 6.12. The van der Waals surface area contributed by atoms with Crippen LogP contribution in [0.4, 0.5) is 11.4 Å². The molecule has 0 atom stereocenters. The average molecular weight is 544 g/mol. The van der Waals surface area contributed by atoms with Crippen LogP contribution in [0.5, 0.6) is 0 Å². The third-order valence-electron chi connectivity index (χ3n) is 9.22. The van der Waals surface area contributed by atoms with Crippen LogP contribution in [0, 0.1) is 0 Å². The van der Waals surface area contributed by atoms with Gasteiger partial charge in [-0.3, -0.25) is 0 Å². The molecule has 0 amide bonds. The highest BCUT2D eigenvalue weighted by molar-refractivity contribution is 5.74. The van der Waals surface area contributed by atoms with Crippen molar-refractivity contribution in [1.29, 1.82) is 0 Å². The summed E-state index contributed by atoms with van der Waals surface area (Å²) in [6.45, 7) is 23.4. The maximum atomic E-state index is 3.66. The Balaban J connectivity index is 1.41.